The summed E-state index contributed by atoms with van der Waals surface area (Å²) in [5.74, 6) is -0.589. The van der Waals surface area contributed by atoms with E-state index >= 15 is 0 Å². The lowest BCUT2D eigenvalue weighted by Crippen LogP contribution is -2.31. The molecule has 1 saturated heterocycles. The molecule has 0 spiro atoms. The fourth-order valence-electron chi connectivity index (χ4n) is 3.84. The molecule has 7 nitrogen and oxygen atoms in total. The van der Waals surface area contributed by atoms with Crippen LogP contribution in [0.5, 0.6) is 11.5 Å². The molecule has 1 amide bonds. The quantitative estimate of drug-likeness (QED) is 0.235. The fourth-order valence-corrected chi connectivity index (χ4v) is 3.96. The van der Waals surface area contributed by atoms with Crippen molar-refractivity contribution in [2.45, 2.75) is 26.3 Å². The average molecular weight is 474 g/mol. The normalized spacial score (nSPS) is 17.5. The third kappa shape index (κ3) is 5.31. The highest BCUT2D eigenvalue weighted by molar-refractivity contribution is 6.46. The number of nitrogens with zero attached hydrogens (tertiary/aromatic N) is 1. The van der Waals surface area contributed by atoms with Crippen LogP contribution in [0.2, 0.25) is 5.02 Å². The average Bonchev–Trinajstić information content (AvgIpc) is 3.06. The molecule has 0 bridgehead atoms. The predicted octanol–water partition coefficient (Wildman–Crippen LogP) is 4.60. The number of Topliss-reactive ketones (excluding diaryl/α,β-unsaturated/α-hetero) is 1. The third-order valence-corrected chi connectivity index (χ3v) is 5.54. The van der Waals surface area contributed by atoms with Crippen molar-refractivity contribution < 1.29 is 28.9 Å². The Balaban J connectivity index is 2.15. The third-order valence-electron chi connectivity index (χ3n) is 5.29. The molecule has 1 heterocycles. The summed E-state index contributed by atoms with van der Waals surface area (Å²) < 4.78 is 16.5. The summed E-state index contributed by atoms with van der Waals surface area (Å²) in [5.41, 5.74) is 1.05. The van der Waals surface area contributed by atoms with Gasteiger partial charge >= 0.3 is 0 Å². The Hall–Kier alpha value is -3.03. The molecule has 0 aliphatic carbocycles. The van der Waals surface area contributed by atoms with E-state index in [-0.39, 0.29) is 17.9 Å². The minimum Gasteiger partial charge on any atom is -0.507 e. The molecule has 1 atom stereocenters. The molecule has 1 aliphatic heterocycles. The molecule has 1 N–H and O–H groups in total. The first-order chi connectivity index (χ1) is 15.9. The Bertz CT molecular complexity index is 1030. The van der Waals surface area contributed by atoms with Crippen molar-refractivity contribution in [2.24, 2.45) is 0 Å². The van der Waals surface area contributed by atoms with E-state index in [0.717, 1.165) is 0 Å². The smallest absolute Gasteiger partial charge is 0.295 e. The summed E-state index contributed by atoms with van der Waals surface area (Å²) in [6.07, 6.45) is 0.538. The molecule has 3 rings (SSSR count). The largest absolute Gasteiger partial charge is 0.507 e. The SMILES string of the molecule is CCOc1ccc(C2C(=C(O)c3ccc(Cl)cc3)C(=O)C(=O)N2CCCOC)cc1OCC. The molecule has 0 radical (unpaired) electrons. The van der Waals surface area contributed by atoms with Gasteiger partial charge in [-0.2, -0.15) is 0 Å². The standard InChI is InChI=1S/C25H28ClNO6/c1-4-32-19-12-9-17(15-20(19)33-5-2)22-21(23(28)16-7-10-18(26)11-8-16)24(29)25(30)27(22)13-6-14-31-3/h7-12,15,22,28H,4-6,13-14H2,1-3H3. The number of ether oxygens (including phenoxy) is 3. The molecule has 176 valence electrons. The van der Waals surface area contributed by atoms with Crippen LogP contribution in [0.4, 0.5) is 0 Å². The van der Waals surface area contributed by atoms with E-state index in [9.17, 15) is 14.7 Å². The van der Waals surface area contributed by atoms with E-state index in [1.807, 2.05) is 13.8 Å². The highest BCUT2D eigenvalue weighted by Gasteiger charge is 2.46. The van der Waals surface area contributed by atoms with E-state index in [0.29, 0.717) is 53.9 Å². The van der Waals surface area contributed by atoms with E-state index in [4.69, 9.17) is 25.8 Å². The molecular weight excluding hydrogens is 446 g/mol. The first-order valence-electron chi connectivity index (χ1n) is 10.9. The van der Waals surface area contributed by atoms with Crippen LogP contribution in [0, 0.1) is 0 Å². The van der Waals surface area contributed by atoms with Crippen molar-refractivity contribution in [1.29, 1.82) is 0 Å². The molecule has 0 aromatic heterocycles. The van der Waals surface area contributed by atoms with Gasteiger partial charge in [-0.3, -0.25) is 9.59 Å². The van der Waals surface area contributed by atoms with Crippen molar-refractivity contribution >= 4 is 29.1 Å². The van der Waals surface area contributed by atoms with Crippen LogP contribution in [-0.2, 0) is 14.3 Å². The lowest BCUT2D eigenvalue weighted by Gasteiger charge is -2.26. The zero-order valence-electron chi connectivity index (χ0n) is 19.0. The Morgan fingerprint density at radius 1 is 1.03 bits per heavy atom. The lowest BCUT2D eigenvalue weighted by molar-refractivity contribution is -0.140. The van der Waals surface area contributed by atoms with Gasteiger partial charge < -0.3 is 24.2 Å². The van der Waals surface area contributed by atoms with Crippen LogP contribution < -0.4 is 9.47 Å². The van der Waals surface area contributed by atoms with Crippen molar-refractivity contribution in [3.63, 3.8) is 0 Å². The number of carbonyl (C=O) groups is 2. The highest BCUT2D eigenvalue weighted by Crippen LogP contribution is 2.42. The summed E-state index contributed by atoms with van der Waals surface area (Å²) >= 11 is 5.97. The van der Waals surface area contributed by atoms with Gasteiger partial charge in [-0.25, -0.2) is 0 Å². The van der Waals surface area contributed by atoms with Crippen molar-refractivity contribution in [3.05, 3.63) is 64.2 Å². The summed E-state index contributed by atoms with van der Waals surface area (Å²) in [7, 11) is 1.58. The molecule has 2 aromatic carbocycles. The summed E-state index contributed by atoms with van der Waals surface area (Å²) in [4.78, 5) is 27.5. The minimum atomic E-state index is -0.785. The summed E-state index contributed by atoms with van der Waals surface area (Å²) in [6, 6.07) is 10.9. The number of hydrogen-bond acceptors (Lipinski definition) is 6. The Kier molecular flexibility index (Phi) is 8.36. The van der Waals surface area contributed by atoms with Gasteiger partial charge in [0, 0.05) is 30.8 Å². The Labute approximate surface area is 198 Å². The summed E-state index contributed by atoms with van der Waals surface area (Å²) in [6.45, 7) is 5.34. The zero-order valence-corrected chi connectivity index (χ0v) is 19.7. The van der Waals surface area contributed by atoms with Crippen LogP contribution in [-0.4, -0.2) is 55.2 Å². The van der Waals surface area contributed by atoms with Gasteiger partial charge in [-0.1, -0.05) is 17.7 Å². The van der Waals surface area contributed by atoms with Crippen molar-refractivity contribution in [2.75, 3.05) is 33.5 Å². The number of aliphatic hydroxyl groups is 1. The highest BCUT2D eigenvalue weighted by atomic mass is 35.5. The molecule has 0 saturated carbocycles. The van der Waals surface area contributed by atoms with E-state index in [1.165, 1.54) is 4.90 Å². The number of halogens is 1. The molecule has 1 aliphatic rings. The number of ketones is 1. The Morgan fingerprint density at radius 2 is 1.70 bits per heavy atom. The number of rotatable bonds is 10. The second-order valence-corrected chi connectivity index (χ2v) is 7.85. The molecular formula is C25H28ClNO6. The van der Waals surface area contributed by atoms with Crippen LogP contribution in [0.15, 0.2) is 48.0 Å². The summed E-state index contributed by atoms with van der Waals surface area (Å²) in [5, 5.41) is 11.6. The van der Waals surface area contributed by atoms with Gasteiger partial charge in [0.1, 0.15) is 5.76 Å². The monoisotopic (exact) mass is 473 g/mol. The maximum Gasteiger partial charge on any atom is 0.295 e. The van der Waals surface area contributed by atoms with Gasteiger partial charge in [-0.05, 0) is 62.2 Å². The fraction of sp³-hybridized carbons (Fsp3) is 0.360. The number of benzene rings is 2. The van der Waals surface area contributed by atoms with E-state index in [2.05, 4.69) is 0 Å². The van der Waals surface area contributed by atoms with Crippen molar-refractivity contribution in [1.82, 2.24) is 4.90 Å². The molecule has 8 heteroatoms. The zero-order chi connectivity index (χ0) is 24.0. The van der Waals surface area contributed by atoms with Gasteiger partial charge in [0.05, 0.1) is 24.8 Å². The first-order valence-corrected chi connectivity index (χ1v) is 11.2. The van der Waals surface area contributed by atoms with Crippen LogP contribution >= 0.6 is 11.6 Å². The van der Waals surface area contributed by atoms with Gasteiger partial charge in [-0.15, -0.1) is 0 Å². The van der Waals surface area contributed by atoms with Crippen LogP contribution in [0.1, 0.15) is 37.4 Å². The molecule has 1 fully saturated rings. The maximum absolute atomic E-state index is 13.1. The number of hydrogen-bond donors (Lipinski definition) is 1. The molecule has 1 unspecified atom stereocenters. The number of aliphatic hydroxyl groups excluding tert-OH is 1. The number of amides is 1. The second kappa shape index (κ2) is 11.2. The maximum atomic E-state index is 13.1. The van der Waals surface area contributed by atoms with Gasteiger partial charge in [0.15, 0.2) is 11.5 Å². The lowest BCUT2D eigenvalue weighted by atomic mass is 9.95. The number of carbonyl (C=O) groups excluding carboxylic acids is 2. The van der Waals surface area contributed by atoms with Gasteiger partial charge in [0.2, 0.25) is 0 Å². The topological polar surface area (TPSA) is 85.3 Å². The van der Waals surface area contributed by atoms with Crippen LogP contribution in [0.25, 0.3) is 5.76 Å². The Morgan fingerprint density at radius 3 is 2.33 bits per heavy atom. The van der Waals surface area contributed by atoms with E-state index in [1.54, 1.807) is 49.6 Å². The second-order valence-electron chi connectivity index (χ2n) is 7.42. The van der Waals surface area contributed by atoms with Gasteiger partial charge in [0.25, 0.3) is 11.7 Å². The number of likely N-dealkylation sites (tertiary alicyclic amines) is 1. The van der Waals surface area contributed by atoms with Crippen LogP contribution in [0.3, 0.4) is 0 Å². The minimum absolute atomic E-state index is 0.0198. The molecule has 2 aromatic rings. The number of methoxy groups -OCH3 is 1. The first kappa shape index (κ1) is 24.6. The van der Waals surface area contributed by atoms with E-state index < -0.39 is 17.7 Å². The predicted molar refractivity (Wildman–Crippen MR) is 126 cm³/mol. The van der Waals surface area contributed by atoms with Crippen molar-refractivity contribution in [3.8, 4) is 11.5 Å². The molecule has 33 heavy (non-hydrogen) atoms.